The zero-order chi connectivity index (χ0) is 12.9. The third-order valence-electron chi connectivity index (χ3n) is 1.88. The fraction of sp³-hybridized carbons (Fsp3) is 0.188. The molecule has 0 bridgehead atoms. The van der Waals surface area contributed by atoms with Gasteiger partial charge in [-0.2, -0.15) is 0 Å². The lowest BCUT2D eigenvalue weighted by molar-refractivity contribution is -0.106. The first kappa shape index (κ1) is 15.1. The van der Waals surface area contributed by atoms with Gasteiger partial charge in [0.15, 0.2) is 0 Å². The summed E-state index contributed by atoms with van der Waals surface area (Å²) in [6.07, 6.45) is 0.750. The van der Waals surface area contributed by atoms with Crippen LogP contribution in [0.15, 0.2) is 60.7 Å². The molecule has 0 spiro atoms. The van der Waals surface area contributed by atoms with Gasteiger partial charge in [-0.1, -0.05) is 74.5 Å². The van der Waals surface area contributed by atoms with Gasteiger partial charge in [-0.05, 0) is 18.1 Å². The summed E-state index contributed by atoms with van der Waals surface area (Å²) in [6, 6.07) is 20.8. The van der Waals surface area contributed by atoms with Crippen molar-refractivity contribution in [2.75, 3.05) is 0 Å². The molecule has 0 unspecified atom stereocenters. The van der Waals surface area contributed by atoms with E-state index >= 15 is 0 Å². The van der Waals surface area contributed by atoms with Gasteiger partial charge in [0.05, 0.1) is 0 Å². The van der Waals surface area contributed by atoms with Crippen molar-refractivity contribution in [3.63, 3.8) is 0 Å². The van der Waals surface area contributed by atoms with Crippen LogP contribution in [0.5, 0.6) is 0 Å². The van der Waals surface area contributed by atoms with E-state index in [0.717, 1.165) is 6.29 Å². The summed E-state index contributed by atoms with van der Waals surface area (Å²) in [5, 5.41) is 0. The molecule has 0 aromatic heterocycles. The van der Waals surface area contributed by atoms with Crippen molar-refractivity contribution in [2.45, 2.75) is 20.8 Å². The van der Waals surface area contributed by atoms with Crippen LogP contribution in [0, 0.1) is 0 Å². The SMILES string of the molecule is CC.CC=O.c1ccc(-c2ccccc2)cc1. The quantitative estimate of drug-likeness (QED) is 0.653. The summed E-state index contributed by atoms with van der Waals surface area (Å²) < 4.78 is 0. The first-order valence-electron chi connectivity index (χ1n) is 5.88. The predicted molar refractivity (Wildman–Crippen MR) is 75.0 cm³/mol. The molecule has 0 fully saturated rings. The largest absolute Gasteiger partial charge is 0.304 e. The van der Waals surface area contributed by atoms with Crippen molar-refractivity contribution in [3.8, 4) is 11.1 Å². The standard InChI is InChI=1S/C12H10.C2H4O.C2H6/c1-3-7-11(8-4-1)12-9-5-2-6-10-12;1-2-3;1-2/h1-10H;2H,1H3;1-2H3. The van der Waals surface area contributed by atoms with Crippen molar-refractivity contribution in [3.05, 3.63) is 60.7 Å². The second kappa shape index (κ2) is 10.6. The van der Waals surface area contributed by atoms with Gasteiger partial charge < -0.3 is 4.79 Å². The van der Waals surface area contributed by atoms with Crippen molar-refractivity contribution in [1.29, 1.82) is 0 Å². The van der Waals surface area contributed by atoms with E-state index in [1.807, 2.05) is 26.0 Å². The number of carbonyl (C=O) groups is 1. The van der Waals surface area contributed by atoms with Gasteiger partial charge in [0.1, 0.15) is 6.29 Å². The number of hydrogen-bond donors (Lipinski definition) is 0. The maximum Gasteiger partial charge on any atom is 0.116 e. The molecule has 0 saturated heterocycles. The van der Waals surface area contributed by atoms with Gasteiger partial charge in [-0.3, -0.25) is 0 Å². The normalized spacial score (nSPS) is 7.94. The second-order valence-electron chi connectivity index (χ2n) is 2.97. The molecule has 0 aliphatic carbocycles. The van der Waals surface area contributed by atoms with Crippen LogP contribution in [0.3, 0.4) is 0 Å². The third kappa shape index (κ3) is 6.31. The highest BCUT2D eigenvalue weighted by atomic mass is 16.1. The molecule has 2 aromatic rings. The highest BCUT2D eigenvalue weighted by Gasteiger charge is 1.91. The molecule has 2 aromatic carbocycles. The summed E-state index contributed by atoms with van der Waals surface area (Å²) in [5.41, 5.74) is 2.55. The molecular weight excluding hydrogens is 208 g/mol. The van der Waals surface area contributed by atoms with Crippen LogP contribution in [0.2, 0.25) is 0 Å². The molecular formula is C16H20O. The Bertz CT molecular complexity index is 341. The highest BCUT2D eigenvalue weighted by molar-refractivity contribution is 5.62. The van der Waals surface area contributed by atoms with E-state index in [-0.39, 0.29) is 0 Å². The summed E-state index contributed by atoms with van der Waals surface area (Å²) in [6.45, 7) is 5.44. The van der Waals surface area contributed by atoms with Crippen LogP contribution in [0.1, 0.15) is 20.8 Å². The Balaban J connectivity index is 0.000000450. The van der Waals surface area contributed by atoms with E-state index in [1.54, 1.807) is 0 Å². The number of carbonyl (C=O) groups excluding carboxylic acids is 1. The van der Waals surface area contributed by atoms with Crippen molar-refractivity contribution in [2.24, 2.45) is 0 Å². The Hall–Kier alpha value is -1.89. The number of rotatable bonds is 1. The molecule has 0 saturated carbocycles. The maximum absolute atomic E-state index is 8.81. The lowest BCUT2D eigenvalue weighted by atomic mass is 10.1. The second-order valence-corrected chi connectivity index (χ2v) is 2.97. The van der Waals surface area contributed by atoms with Crippen molar-refractivity contribution >= 4 is 6.29 Å². The minimum absolute atomic E-state index is 0.750. The smallest absolute Gasteiger partial charge is 0.116 e. The van der Waals surface area contributed by atoms with E-state index < -0.39 is 0 Å². The number of hydrogen-bond acceptors (Lipinski definition) is 1. The average Bonchev–Trinajstić information content (AvgIpc) is 2.44. The lowest BCUT2D eigenvalue weighted by Gasteiger charge is -1.98. The van der Waals surface area contributed by atoms with E-state index in [2.05, 4.69) is 48.5 Å². The molecule has 1 heteroatoms. The number of aldehydes is 1. The lowest BCUT2D eigenvalue weighted by Crippen LogP contribution is -1.73. The number of benzene rings is 2. The summed E-state index contributed by atoms with van der Waals surface area (Å²) in [4.78, 5) is 8.81. The van der Waals surface area contributed by atoms with Crippen LogP contribution in [-0.4, -0.2) is 6.29 Å². The predicted octanol–water partition coefficient (Wildman–Crippen LogP) is 4.59. The van der Waals surface area contributed by atoms with Crippen LogP contribution >= 0.6 is 0 Å². The average molecular weight is 228 g/mol. The molecule has 0 atom stereocenters. The highest BCUT2D eigenvalue weighted by Crippen LogP contribution is 2.17. The molecule has 0 radical (unpaired) electrons. The molecule has 90 valence electrons. The van der Waals surface area contributed by atoms with Gasteiger partial charge in [-0.25, -0.2) is 0 Å². The monoisotopic (exact) mass is 228 g/mol. The molecule has 2 rings (SSSR count). The van der Waals surface area contributed by atoms with Gasteiger partial charge >= 0.3 is 0 Å². The third-order valence-corrected chi connectivity index (χ3v) is 1.88. The summed E-state index contributed by atoms with van der Waals surface area (Å²) in [5.74, 6) is 0. The Morgan fingerprint density at radius 3 is 1.18 bits per heavy atom. The van der Waals surface area contributed by atoms with E-state index in [0.29, 0.717) is 0 Å². The Labute approximate surface area is 104 Å². The van der Waals surface area contributed by atoms with Crippen molar-refractivity contribution in [1.82, 2.24) is 0 Å². The van der Waals surface area contributed by atoms with E-state index in [1.165, 1.54) is 18.1 Å². The topological polar surface area (TPSA) is 17.1 Å². The first-order valence-corrected chi connectivity index (χ1v) is 5.88. The first-order chi connectivity index (χ1) is 8.38. The molecule has 0 amide bonds. The minimum Gasteiger partial charge on any atom is -0.304 e. The Kier molecular flexibility index (Phi) is 9.44. The summed E-state index contributed by atoms with van der Waals surface area (Å²) >= 11 is 0. The van der Waals surface area contributed by atoms with Crippen LogP contribution in [0.4, 0.5) is 0 Å². The van der Waals surface area contributed by atoms with Crippen molar-refractivity contribution < 1.29 is 4.79 Å². The van der Waals surface area contributed by atoms with Gasteiger partial charge in [0, 0.05) is 0 Å². The minimum atomic E-state index is 0.750. The Morgan fingerprint density at radius 1 is 0.706 bits per heavy atom. The van der Waals surface area contributed by atoms with Gasteiger partial charge in [-0.15, -0.1) is 0 Å². The van der Waals surface area contributed by atoms with E-state index in [4.69, 9.17) is 4.79 Å². The zero-order valence-electron chi connectivity index (χ0n) is 10.8. The molecule has 17 heavy (non-hydrogen) atoms. The molecule has 0 aliphatic rings. The van der Waals surface area contributed by atoms with Gasteiger partial charge in [0.25, 0.3) is 0 Å². The maximum atomic E-state index is 8.81. The van der Waals surface area contributed by atoms with Gasteiger partial charge in [0.2, 0.25) is 0 Å². The summed E-state index contributed by atoms with van der Waals surface area (Å²) in [7, 11) is 0. The van der Waals surface area contributed by atoms with Crippen LogP contribution in [-0.2, 0) is 4.79 Å². The molecule has 0 heterocycles. The Morgan fingerprint density at radius 2 is 0.941 bits per heavy atom. The van der Waals surface area contributed by atoms with Crippen LogP contribution in [0.25, 0.3) is 11.1 Å². The van der Waals surface area contributed by atoms with Crippen LogP contribution < -0.4 is 0 Å². The molecule has 0 N–H and O–H groups in total. The molecule has 0 aliphatic heterocycles. The fourth-order valence-electron chi connectivity index (χ4n) is 1.26. The zero-order valence-corrected chi connectivity index (χ0v) is 10.8. The fourth-order valence-corrected chi connectivity index (χ4v) is 1.26. The molecule has 1 nitrogen and oxygen atoms in total. The van der Waals surface area contributed by atoms with E-state index in [9.17, 15) is 0 Å².